The Balaban J connectivity index is 1.52. The molecule has 0 atom stereocenters. The van der Waals surface area contributed by atoms with E-state index in [1.165, 1.54) is 9.80 Å². The zero-order valence-electron chi connectivity index (χ0n) is 18.5. The van der Waals surface area contributed by atoms with Gasteiger partial charge in [-0.15, -0.1) is 0 Å². The molecule has 2 aromatic rings. The zero-order chi connectivity index (χ0) is 22.9. The molecule has 1 fully saturated rings. The summed E-state index contributed by atoms with van der Waals surface area (Å²) in [6.45, 7) is 3.41. The van der Waals surface area contributed by atoms with Crippen LogP contribution in [0.25, 0.3) is 0 Å². The van der Waals surface area contributed by atoms with Crippen molar-refractivity contribution in [2.75, 3.05) is 31.6 Å². The molecule has 1 aromatic carbocycles. The molecule has 1 aromatic heterocycles. The topological polar surface area (TPSA) is 91.1 Å². The van der Waals surface area contributed by atoms with Crippen LogP contribution in [0.5, 0.6) is 0 Å². The lowest BCUT2D eigenvalue weighted by molar-refractivity contribution is -0.131. The average Bonchev–Trinajstić information content (AvgIpc) is 3.28. The number of piperidine rings is 1. The summed E-state index contributed by atoms with van der Waals surface area (Å²) in [5.41, 5.74) is 1.38. The highest BCUT2D eigenvalue weighted by Crippen LogP contribution is 2.32. The minimum atomic E-state index is -3.57. The van der Waals surface area contributed by atoms with Crippen molar-refractivity contribution in [2.24, 2.45) is 5.92 Å². The normalized spacial score (nSPS) is 17.9. The van der Waals surface area contributed by atoms with Gasteiger partial charge in [0, 0.05) is 32.2 Å². The van der Waals surface area contributed by atoms with Gasteiger partial charge in [0.2, 0.25) is 21.8 Å². The van der Waals surface area contributed by atoms with E-state index in [1.54, 1.807) is 47.9 Å². The molecular formula is C23H29N3O5S. The summed E-state index contributed by atoms with van der Waals surface area (Å²) in [7, 11) is -1.91. The van der Waals surface area contributed by atoms with E-state index in [-0.39, 0.29) is 29.7 Å². The van der Waals surface area contributed by atoms with E-state index in [0.29, 0.717) is 43.4 Å². The first kappa shape index (κ1) is 22.5. The number of amides is 2. The van der Waals surface area contributed by atoms with Crippen LogP contribution < -0.4 is 4.90 Å². The second kappa shape index (κ2) is 9.07. The summed E-state index contributed by atoms with van der Waals surface area (Å²) in [5.74, 6) is 0.834. The third kappa shape index (κ3) is 4.59. The number of sulfonamides is 1. The van der Waals surface area contributed by atoms with Gasteiger partial charge in [0.15, 0.2) is 0 Å². The van der Waals surface area contributed by atoms with Crippen molar-refractivity contribution in [3.63, 3.8) is 0 Å². The Bertz CT molecular complexity index is 1090. The van der Waals surface area contributed by atoms with E-state index < -0.39 is 10.0 Å². The summed E-state index contributed by atoms with van der Waals surface area (Å²) in [5, 5.41) is 0. The van der Waals surface area contributed by atoms with E-state index in [2.05, 4.69) is 6.92 Å². The maximum Gasteiger partial charge on any atom is 0.243 e. The molecule has 2 aliphatic rings. The molecule has 1 saturated heterocycles. The summed E-state index contributed by atoms with van der Waals surface area (Å²) < 4.78 is 33.1. The van der Waals surface area contributed by atoms with Crippen LogP contribution in [0.15, 0.2) is 45.9 Å². The van der Waals surface area contributed by atoms with Gasteiger partial charge in [-0.1, -0.05) is 6.92 Å². The number of nitrogens with zero attached hydrogens (tertiary/aromatic N) is 3. The fourth-order valence-corrected chi connectivity index (χ4v) is 5.75. The van der Waals surface area contributed by atoms with Crippen LogP contribution >= 0.6 is 0 Å². The number of anilines is 1. The van der Waals surface area contributed by atoms with Crippen molar-refractivity contribution in [3.8, 4) is 0 Å². The summed E-state index contributed by atoms with van der Waals surface area (Å²) in [4.78, 5) is 28.6. The smallest absolute Gasteiger partial charge is 0.243 e. The lowest BCUT2D eigenvalue weighted by atomic mass is 10.0. The molecule has 4 rings (SSSR count). The molecular weight excluding hydrogens is 430 g/mol. The second-order valence-corrected chi connectivity index (χ2v) is 10.6. The lowest BCUT2D eigenvalue weighted by Crippen LogP contribution is -2.43. The third-order valence-corrected chi connectivity index (χ3v) is 8.22. The molecule has 9 heteroatoms. The number of carbonyl (C=O) groups is 2. The predicted octanol–water partition coefficient (Wildman–Crippen LogP) is 2.64. The number of furan rings is 1. The fourth-order valence-electron chi connectivity index (χ4n) is 4.22. The highest BCUT2D eigenvalue weighted by Gasteiger charge is 2.31. The first-order valence-corrected chi connectivity index (χ1v) is 12.4. The standard InChI is InChI=1S/C23H29N3O5S/c1-17-9-11-25(12-10-17)32(29,30)20-6-7-21-18(14-20)5-8-22(27)26(21)16-23(28)24(2)15-19-4-3-13-31-19/h3-4,6-7,13-14,17H,5,8-12,15-16H2,1-2H3. The maximum absolute atomic E-state index is 13.1. The number of rotatable bonds is 6. The quantitative estimate of drug-likeness (QED) is 0.662. The summed E-state index contributed by atoms with van der Waals surface area (Å²) >= 11 is 0. The van der Waals surface area contributed by atoms with Crippen LogP contribution in [0.3, 0.4) is 0 Å². The monoisotopic (exact) mass is 459 g/mol. The molecule has 0 N–H and O–H groups in total. The third-order valence-electron chi connectivity index (χ3n) is 6.32. The SMILES string of the molecule is CC1CCN(S(=O)(=O)c2ccc3c(c2)CCC(=O)N3CC(=O)N(C)Cc2ccco2)CC1. The molecule has 32 heavy (non-hydrogen) atoms. The molecule has 0 unspecified atom stereocenters. The largest absolute Gasteiger partial charge is 0.467 e. The van der Waals surface area contributed by atoms with E-state index in [9.17, 15) is 18.0 Å². The van der Waals surface area contributed by atoms with Crippen LogP contribution in [-0.2, 0) is 32.6 Å². The van der Waals surface area contributed by atoms with E-state index in [0.717, 1.165) is 18.4 Å². The number of carbonyl (C=O) groups excluding carboxylic acids is 2. The van der Waals surface area contributed by atoms with Gasteiger partial charge in [0.1, 0.15) is 12.3 Å². The number of hydrogen-bond acceptors (Lipinski definition) is 5. The first-order chi connectivity index (χ1) is 15.3. The van der Waals surface area contributed by atoms with Crippen LogP contribution in [0.4, 0.5) is 5.69 Å². The molecule has 0 saturated carbocycles. The van der Waals surface area contributed by atoms with Crippen molar-refractivity contribution < 1.29 is 22.4 Å². The van der Waals surface area contributed by atoms with Crippen molar-refractivity contribution in [2.45, 2.75) is 44.0 Å². The van der Waals surface area contributed by atoms with Gasteiger partial charge in [-0.3, -0.25) is 9.59 Å². The molecule has 0 bridgehead atoms. The van der Waals surface area contributed by atoms with E-state index >= 15 is 0 Å². The molecule has 0 spiro atoms. The van der Waals surface area contributed by atoms with Crippen molar-refractivity contribution >= 4 is 27.5 Å². The van der Waals surface area contributed by atoms with Gasteiger partial charge in [0.25, 0.3) is 0 Å². The minimum Gasteiger partial charge on any atom is -0.467 e. The lowest BCUT2D eigenvalue weighted by Gasteiger charge is -2.32. The Kier molecular flexibility index (Phi) is 6.39. The van der Waals surface area contributed by atoms with Crippen LogP contribution in [-0.4, -0.2) is 56.1 Å². The van der Waals surface area contributed by atoms with Gasteiger partial charge in [-0.25, -0.2) is 8.42 Å². The van der Waals surface area contributed by atoms with Gasteiger partial charge in [-0.2, -0.15) is 4.31 Å². The molecule has 0 radical (unpaired) electrons. The number of benzene rings is 1. The fraction of sp³-hybridized carbons (Fsp3) is 0.478. The Morgan fingerprint density at radius 1 is 1.19 bits per heavy atom. The Labute approximate surface area is 188 Å². The Morgan fingerprint density at radius 3 is 2.62 bits per heavy atom. The van der Waals surface area contributed by atoms with Crippen molar-refractivity contribution in [3.05, 3.63) is 47.9 Å². The Morgan fingerprint density at radius 2 is 1.94 bits per heavy atom. The van der Waals surface area contributed by atoms with Crippen LogP contribution in [0.1, 0.15) is 37.5 Å². The highest BCUT2D eigenvalue weighted by atomic mass is 32.2. The average molecular weight is 460 g/mol. The molecule has 3 heterocycles. The maximum atomic E-state index is 13.1. The molecule has 2 aliphatic heterocycles. The number of hydrogen-bond donors (Lipinski definition) is 0. The van der Waals surface area contributed by atoms with Crippen LogP contribution in [0.2, 0.25) is 0 Å². The summed E-state index contributed by atoms with van der Waals surface area (Å²) in [6, 6.07) is 8.42. The predicted molar refractivity (Wildman–Crippen MR) is 119 cm³/mol. The second-order valence-electron chi connectivity index (χ2n) is 8.69. The van der Waals surface area contributed by atoms with Gasteiger partial charge < -0.3 is 14.2 Å². The highest BCUT2D eigenvalue weighted by molar-refractivity contribution is 7.89. The van der Waals surface area contributed by atoms with Gasteiger partial charge >= 0.3 is 0 Å². The summed E-state index contributed by atoms with van der Waals surface area (Å²) in [6.07, 6.45) is 3.97. The zero-order valence-corrected chi connectivity index (χ0v) is 19.3. The van der Waals surface area contributed by atoms with Crippen molar-refractivity contribution in [1.29, 1.82) is 0 Å². The number of fused-ring (bicyclic) bond motifs is 1. The molecule has 172 valence electrons. The van der Waals surface area contributed by atoms with Crippen LogP contribution in [0, 0.1) is 5.92 Å². The number of likely N-dealkylation sites (N-methyl/N-ethyl adjacent to an activating group) is 1. The molecule has 0 aliphatic carbocycles. The molecule has 8 nitrogen and oxygen atoms in total. The molecule has 2 amide bonds. The Hall–Kier alpha value is -2.65. The van der Waals surface area contributed by atoms with E-state index in [1.807, 2.05) is 0 Å². The van der Waals surface area contributed by atoms with E-state index in [4.69, 9.17) is 4.42 Å². The number of aryl methyl sites for hydroxylation is 1. The van der Waals surface area contributed by atoms with Gasteiger partial charge in [-0.05, 0) is 61.1 Å². The minimum absolute atomic E-state index is 0.0981. The first-order valence-electron chi connectivity index (χ1n) is 11.0. The van der Waals surface area contributed by atoms with Gasteiger partial charge in [0.05, 0.1) is 17.7 Å². The van der Waals surface area contributed by atoms with Crippen molar-refractivity contribution in [1.82, 2.24) is 9.21 Å².